The van der Waals surface area contributed by atoms with E-state index in [1.165, 1.54) is 11.6 Å². The highest BCUT2D eigenvalue weighted by atomic mass is 35.5. The van der Waals surface area contributed by atoms with Crippen molar-refractivity contribution in [3.05, 3.63) is 88.5 Å². The monoisotopic (exact) mass is 430 g/mol. The van der Waals surface area contributed by atoms with E-state index < -0.39 is 0 Å². The second kappa shape index (κ2) is 8.78. The first-order valence-electron chi connectivity index (χ1n) is 10.2. The molecule has 1 heterocycles. The number of fused-ring (bicyclic) bond motifs is 1. The third kappa shape index (κ3) is 4.86. The number of aromatic nitrogens is 1. The van der Waals surface area contributed by atoms with E-state index >= 15 is 0 Å². The zero-order valence-corrected chi connectivity index (χ0v) is 18.4. The van der Waals surface area contributed by atoms with Gasteiger partial charge < -0.3 is 9.73 Å². The number of anilines is 1. The lowest BCUT2D eigenvalue weighted by atomic mass is 10.0. The molecule has 1 amide bonds. The number of carbonyl (C=O) groups is 1. The van der Waals surface area contributed by atoms with Crippen LogP contribution in [0.1, 0.15) is 36.5 Å². The summed E-state index contributed by atoms with van der Waals surface area (Å²) in [6.45, 7) is 6.30. The van der Waals surface area contributed by atoms with Crippen molar-refractivity contribution in [1.82, 2.24) is 4.98 Å². The van der Waals surface area contributed by atoms with E-state index in [0.717, 1.165) is 16.6 Å². The maximum atomic E-state index is 12.4. The number of nitrogens with zero attached hydrogens (tertiary/aromatic N) is 1. The third-order valence-corrected chi connectivity index (χ3v) is 5.37. The maximum absolute atomic E-state index is 12.4. The maximum Gasteiger partial charge on any atom is 0.248 e. The Hall–Kier alpha value is -3.37. The van der Waals surface area contributed by atoms with Gasteiger partial charge >= 0.3 is 0 Å². The van der Waals surface area contributed by atoms with Gasteiger partial charge in [0.25, 0.3) is 0 Å². The molecule has 0 saturated heterocycles. The molecule has 0 aliphatic heterocycles. The molecule has 0 aliphatic carbocycles. The molecule has 0 aliphatic rings. The van der Waals surface area contributed by atoms with Crippen molar-refractivity contribution in [2.75, 3.05) is 5.32 Å². The molecule has 156 valence electrons. The molecule has 0 spiro atoms. The fourth-order valence-electron chi connectivity index (χ4n) is 3.26. The first-order valence-corrected chi connectivity index (χ1v) is 10.5. The van der Waals surface area contributed by atoms with Crippen molar-refractivity contribution in [1.29, 1.82) is 0 Å². The summed E-state index contributed by atoms with van der Waals surface area (Å²) in [7, 11) is 0. The van der Waals surface area contributed by atoms with E-state index in [9.17, 15) is 4.79 Å². The lowest BCUT2D eigenvalue weighted by Gasteiger charge is -2.06. The Balaban J connectivity index is 1.51. The summed E-state index contributed by atoms with van der Waals surface area (Å²) in [5, 5.41) is 3.37. The summed E-state index contributed by atoms with van der Waals surface area (Å²) in [6, 6.07) is 19.2. The predicted molar refractivity (Wildman–Crippen MR) is 127 cm³/mol. The van der Waals surface area contributed by atoms with E-state index in [-0.39, 0.29) is 5.91 Å². The molecule has 0 saturated carbocycles. The number of hydrogen-bond acceptors (Lipinski definition) is 3. The molecule has 4 nitrogen and oxygen atoms in total. The number of oxazole rings is 1. The summed E-state index contributed by atoms with van der Waals surface area (Å²) < 4.78 is 5.89. The lowest BCUT2D eigenvalue weighted by Crippen LogP contribution is -2.07. The van der Waals surface area contributed by atoms with Gasteiger partial charge in [-0.25, -0.2) is 4.98 Å². The van der Waals surface area contributed by atoms with Gasteiger partial charge in [-0.2, -0.15) is 0 Å². The predicted octanol–water partition coefficient (Wildman–Crippen LogP) is 7.23. The van der Waals surface area contributed by atoms with Crippen LogP contribution in [0.3, 0.4) is 0 Å². The van der Waals surface area contributed by atoms with Crippen molar-refractivity contribution in [3.63, 3.8) is 0 Å². The standard InChI is InChI=1S/C26H23ClN2O2/c1-16(2)19-8-5-18(6-9-19)7-13-25(30)28-20-10-11-22(27)21(15-20)26-29-23-12-4-17(3)14-24(23)31-26/h4-16H,1-3H3,(H,28,30). The minimum atomic E-state index is -0.227. The van der Waals surface area contributed by atoms with Crippen LogP contribution in [0, 0.1) is 6.92 Å². The van der Waals surface area contributed by atoms with Crippen LogP contribution in [0.15, 0.2) is 71.2 Å². The molecular weight excluding hydrogens is 408 g/mol. The van der Waals surface area contributed by atoms with Crippen molar-refractivity contribution in [3.8, 4) is 11.5 Å². The number of amides is 1. The van der Waals surface area contributed by atoms with Crippen LogP contribution >= 0.6 is 11.6 Å². The summed E-state index contributed by atoms with van der Waals surface area (Å²) >= 11 is 6.38. The molecule has 5 heteroatoms. The topological polar surface area (TPSA) is 55.1 Å². The van der Waals surface area contributed by atoms with Gasteiger partial charge in [0.05, 0.1) is 10.6 Å². The molecule has 1 aromatic heterocycles. The molecule has 3 aromatic carbocycles. The third-order valence-electron chi connectivity index (χ3n) is 5.04. The van der Waals surface area contributed by atoms with E-state index in [2.05, 4.69) is 36.3 Å². The highest BCUT2D eigenvalue weighted by molar-refractivity contribution is 6.33. The van der Waals surface area contributed by atoms with Crippen LogP contribution in [0.5, 0.6) is 0 Å². The number of halogens is 1. The second-order valence-corrected chi connectivity index (χ2v) is 8.24. The number of hydrogen-bond donors (Lipinski definition) is 1. The summed E-state index contributed by atoms with van der Waals surface area (Å²) in [5.41, 5.74) is 6.03. The van der Waals surface area contributed by atoms with Crippen LogP contribution in [0.25, 0.3) is 28.6 Å². The largest absolute Gasteiger partial charge is 0.436 e. The van der Waals surface area contributed by atoms with Gasteiger partial charge in [-0.3, -0.25) is 4.79 Å². The number of carbonyl (C=O) groups excluding carboxylic acids is 1. The smallest absolute Gasteiger partial charge is 0.248 e. The van der Waals surface area contributed by atoms with Gasteiger partial charge in [-0.05, 0) is 65.9 Å². The summed E-state index contributed by atoms with van der Waals surface area (Å²) in [4.78, 5) is 16.9. The number of nitrogens with one attached hydrogen (secondary N) is 1. The zero-order valence-electron chi connectivity index (χ0n) is 17.6. The molecule has 4 aromatic rings. The van der Waals surface area contributed by atoms with Crippen LogP contribution in [-0.4, -0.2) is 10.9 Å². The van der Waals surface area contributed by atoms with E-state index in [0.29, 0.717) is 33.7 Å². The van der Waals surface area contributed by atoms with Gasteiger partial charge in [-0.1, -0.05) is 55.8 Å². The first kappa shape index (κ1) is 20.9. The molecule has 31 heavy (non-hydrogen) atoms. The van der Waals surface area contributed by atoms with E-state index in [1.807, 2.05) is 37.3 Å². The second-order valence-electron chi connectivity index (χ2n) is 7.83. The van der Waals surface area contributed by atoms with Gasteiger partial charge in [0, 0.05) is 11.8 Å². The Morgan fingerprint density at radius 2 is 1.84 bits per heavy atom. The van der Waals surface area contributed by atoms with Crippen LogP contribution in [0.4, 0.5) is 5.69 Å². The molecule has 0 radical (unpaired) electrons. The van der Waals surface area contributed by atoms with Crippen molar-refractivity contribution in [2.24, 2.45) is 0 Å². The van der Waals surface area contributed by atoms with Crippen LogP contribution in [0.2, 0.25) is 5.02 Å². The Morgan fingerprint density at radius 1 is 1.06 bits per heavy atom. The minimum absolute atomic E-state index is 0.227. The van der Waals surface area contributed by atoms with Gasteiger partial charge in [0.15, 0.2) is 5.58 Å². The van der Waals surface area contributed by atoms with Gasteiger partial charge in [-0.15, -0.1) is 0 Å². The number of rotatable bonds is 5. The Labute approximate surface area is 186 Å². The van der Waals surface area contributed by atoms with Crippen molar-refractivity contribution >= 4 is 40.4 Å². The average molecular weight is 431 g/mol. The Morgan fingerprint density at radius 3 is 2.58 bits per heavy atom. The highest BCUT2D eigenvalue weighted by Gasteiger charge is 2.13. The Bertz CT molecular complexity index is 1270. The van der Waals surface area contributed by atoms with Crippen molar-refractivity contribution in [2.45, 2.75) is 26.7 Å². The summed E-state index contributed by atoms with van der Waals surface area (Å²) in [5.74, 6) is 0.669. The SMILES string of the molecule is Cc1ccc2nc(-c3cc(NC(=O)C=Cc4ccc(C(C)C)cc4)ccc3Cl)oc2c1. The molecule has 4 rings (SSSR count). The quantitative estimate of drug-likeness (QED) is 0.340. The van der Waals surface area contributed by atoms with Crippen LogP contribution < -0.4 is 5.32 Å². The molecular formula is C26H23ClN2O2. The highest BCUT2D eigenvalue weighted by Crippen LogP contribution is 2.32. The first-order chi connectivity index (χ1) is 14.9. The normalized spacial score (nSPS) is 11.5. The van der Waals surface area contributed by atoms with Gasteiger partial charge in [0.1, 0.15) is 5.52 Å². The van der Waals surface area contributed by atoms with Gasteiger partial charge in [0.2, 0.25) is 11.8 Å². The fraction of sp³-hybridized carbons (Fsp3) is 0.154. The average Bonchev–Trinajstić information content (AvgIpc) is 3.17. The Kier molecular flexibility index (Phi) is 5.92. The van der Waals surface area contributed by atoms with Crippen molar-refractivity contribution < 1.29 is 9.21 Å². The minimum Gasteiger partial charge on any atom is -0.436 e. The molecule has 0 bridgehead atoms. The number of aryl methyl sites for hydroxylation is 1. The van der Waals surface area contributed by atoms with E-state index in [1.54, 1.807) is 24.3 Å². The number of benzene rings is 3. The molecule has 0 fully saturated rings. The zero-order chi connectivity index (χ0) is 22.0. The molecule has 0 unspecified atom stereocenters. The van der Waals surface area contributed by atoms with E-state index in [4.69, 9.17) is 16.0 Å². The lowest BCUT2D eigenvalue weighted by molar-refractivity contribution is -0.111. The molecule has 1 N–H and O–H groups in total. The fourth-order valence-corrected chi connectivity index (χ4v) is 3.46. The van der Waals surface area contributed by atoms with Crippen LogP contribution in [-0.2, 0) is 4.79 Å². The summed E-state index contributed by atoms with van der Waals surface area (Å²) in [6.07, 6.45) is 3.31. The molecule has 0 atom stereocenters.